The predicted octanol–water partition coefficient (Wildman–Crippen LogP) is 0.126. The molecular weight excluding hydrogens is 254 g/mol. The second-order valence-electron chi connectivity index (χ2n) is 5.62. The molecule has 1 saturated carbocycles. The highest BCUT2D eigenvalue weighted by Gasteiger charge is 2.34. The molecule has 0 spiro atoms. The van der Waals surface area contributed by atoms with Gasteiger partial charge < -0.3 is 10.6 Å². The maximum atomic E-state index is 12.2. The number of piperazine rings is 1. The highest BCUT2D eigenvalue weighted by Crippen LogP contribution is 2.27. The lowest BCUT2D eigenvalue weighted by molar-refractivity contribution is -0.124. The van der Waals surface area contributed by atoms with E-state index in [1.807, 2.05) is 4.90 Å². The molecule has 0 aromatic heterocycles. The first-order valence-corrected chi connectivity index (χ1v) is 7.26. The molecule has 0 aromatic carbocycles. The minimum absolute atomic E-state index is 0.143. The van der Waals surface area contributed by atoms with Crippen molar-refractivity contribution in [3.8, 4) is 12.1 Å². The Bertz CT molecular complexity index is 430. The van der Waals surface area contributed by atoms with Gasteiger partial charge in [0.05, 0.1) is 18.7 Å². The van der Waals surface area contributed by atoms with Gasteiger partial charge in [0.1, 0.15) is 11.6 Å². The van der Waals surface area contributed by atoms with Gasteiger partial charge in [-0.25, -0.2) is 0 Å². The van der Waals surface area contributed by atoms with Gasteiger partial charge in [-0.1, -0.05) is 19.3 Å². The summed E-state index contributed by atoms with van der Waals surface area (Å²) in [7, 11) is 0. The monoisotopic (exact) mass is 275 g/mol. The van der Waals surface area contributed by atoms with Crippen molar-refractivity contribution in [1.29, 1.82) is 10.5 Å². The predicted molar refractivity (Wildman–Crippen MR) is 73.4 cm³/mol. The number of rotatable bonds is 3. The Labute approximate surface area is 119 Å². The first-order valence-electron chi connectivity index (χ1n) is 7.26. The van der Waals surface area contributed by atoms with Crippen LogP contribution in [0.25, 0.3) is 0 Å². The van der Waals surface area contributed by atoms with Crippen molar-refractivity contribution in [2.24, 2.45) is 0 Å². The minimum atomic E-state index is -0.689. The zero-order valence-electron chi connectivity index (χ0n) is 11.7. The van der Waals surface area contributed by atoms with E-state index in [4.69, 9.17) is 5.26 Å². The third kappa shape index (κ3) is 3.47. The molecule has 0 radical (unpaired) electrons. The van der Waals surface area contributed by atoms with Crippen molar-refractivity contribution in [3.63, 3.8) is 0 Å². The summed E-state index contributed by atoms with van der Waals surface area (Å²) in [5.74, 6) is -0.143. The number of hydrogen-bond acceptors (Lipinski definition) is 5. The van der Waals surface area contributed by atoms with Crippen LogP contribution in [0, 0.1) is 22.7 Å². The average Bonchev–Trinajstić information content (AvgIpc) is 2.48. The van der Waals surface area contributed by atoms with E-state index in [9.17, 15) is 10.1 Å². The van der Waals surface area contributed by atoms with Gasteiger partial charge in [0.25, 0.3) is 0 Å². The minimum Gasteiger partial charge on any atom is -0.337 e. The van der Waals surface area contributed by atoms with Crippen molar-refractivity contribution in [2.75, 3.05) is 26.2 Å². The maximum absolute atomic E-state index is 12.2. The second kappa shape index (κ2) is 6.69. The number of carbonyl (C=O) groups is 1. The second-order valence-corrected chi connectivity index (χ2v) is 5.62. The zero-order valence-corrected chi connectivity index (χ0v) is 11.7. The fraction of sp³-hybridized carbons (Fsp3) is 0.786. The van der Waals surface area contributed by atoms with E-state index in [1.54, 1.807) is 0 Å². The highest BCUT2D eigenvalue weighted by molar-refractivity contribution is 5.79. The number of amides is 1. The van der Waals surface area contributed by atoms with Crippen LogP contribution in [0.5, 0.6) is 0 Å². The lowest BCUT2D eigenvalue weighted by Crippen LogP contribution is -2.56. The SMILES string of the molecule is N#CC1CNCCN1CC(=O)NC1(C#N)CCCCC1. The van der Waals surface area contributed by atoms with E-state index >= 15 is 0 Å². The van der Waals surface area contributed by atoms with Gasteiger partial charge in [0, 0.05) is 19.6 Å². The van der Waals surface area contributed by atoms with Crippen LogP contribution in [0.1, 0.15) is 32.1 Å². The highest BCUT2D eigenvalue weighted by atomic mass is 16.2. The molecule has 0 bridgehead atoms. The summed E-state index contributed by atoms with van der Waals surface area (Å²) in [5.41, 5.74) is -0.689. The standard InChI is InChI=1S/C14H21N5O/c15-8-12-9-17-6-7-19(12)10-13(20)18-14(11-16)4-2-1-3-5-14/h12,17H,1-7,9-10H2,(H,18,20). The van der Waals surface area contributed by atoms with Crippen LogP contribution in [0.3, 0.4) is 0 Å². The quantitative estimate of drug-likeness (QED) is 0.763. The normalized spacial score (nSPS) is 26.2. The van der Waals surface area contributed by atoms with Gasteiger partial charge in [0.2, 0.25) is 5.91 Å². The molecule has 108 valence electrons. The van der Waals surface area contributed by atoms with Crippen molar-refractivity contribution >= 4 is 5.91 Å². The van der Waals surface area contributed by atoms with Gasteiger partial charge in [-0.05, 0) is 12.8 Å². The Morgan fingerprint density at radius 2 is 2.10 bits per heavy atom. The van der Waals surface area contributed by atoms with Gasteiger partial charge in [-0.2, -0.15) is 10.5 Å². The Morgan fingerprint density at radius 3 is 2.75 bits per heavy atom. The van der Waals surface area contributed by atoms with E-state index in [0.717, 1.165) is 38.6 Å². The summed E-state index contributed by atoms with van der Waals surface area (Å²) in [6.07, 6.45) is 4.58. The molecule has 1 unspecified atom stereocenters. The number of nitrogens with one attached hydrogen (secondary N) is 2. The molecule has 1 saturated heterocycles. The van der Waals surface area contributed by atoms with Crippen LogP contribution < -0.4 is 10.6 Å². The number of nitrogens with zero attached hydrogens (tertiary/aromatic N) is 3. The molecule has 2 fully saturated rings. The topological polar surface area (TPSA) is 91.9 Å². The summed E-state index contributed by atoms with van der Waals surface area (Å²) in [6.45, 7) is 2.26. The average molecular weight is 275 g/mol. The molecule has 20 heavy (non-hydrogen) atoms. The molecule has 1 heterocycles. The third-order valence-electron chi connectivity index (χ3n) is 4.15. The zero-order chi connectivity index (χ0) is 14.4. The smallest absolute Gasteiger partial charge is 0.235 e. The Balaban J connectivity index is 1.91. The van der Waals surface area contributed by atoms with Crippen LogP contribution in [-0.2, 0) is 4.79 Å². The van der Waals surface area contributed by atoms with E-state index in [0.29, 0.717) is 13.1 Å². The van der Waals surface area contributed by atoms with Crippen LogP contribution in [-0.4, -0.2) is 48.6 Å². The molecule has 6 heteroatoms. The van der Waals surface area contributed by atoms with Crippen LogP contribution in [0.4, 0.5) is 0 Å². The molecule has 2 N–H and O–H groups in total. The van der Waals surface area contributed by atoms with Crippen LogP contribution >= 0.6 is 0 Å². The van der Waals surface area contributed by atoms with E-state index in [2.05, 4.69) is 22.8 Å². The Morgan fingerprint density at radius 1 is 1.35 bits per heavy atom. The first kappa shape index (κ1) is 14.8. The van der Waals surface area contributed by atoms with E-state index < -0.39 is 5.54 Å². The summed E-state index contributed by atoms with van der Waals surface area (Å²) >= 11 is 0. The molecule has 2 rings (SSSR count). The number of hydrogen-bond donors (Lipinski definition) is 2. The lowest BCUT2D eigenvalue weighted by atomic mass is 9.83. The molecular formula is C14H21N5O. The number of nitriles is 2. The summed E-state index contributed by atoms with van der Waals surface area (Å²) < 4.78 is 0. The molecule has 2 aliphatic rings. The van der Waals surface area contributed by atoms with E-state index in [-0.39, 0.29) is 18.5 Å². The fourth-order valence-electron chi connectivity index (χ4n) is 2.97. The fourth-order valence-corrected chi connectivity index (χ4v) is 2.97. The molecule has 1 amide bonds. The third-order valence-corrected chi connectivity index (χ3v) is 4.15. The molecule has 1 aliphatic heterocycles. The molecule has 1 aliphatic carbocycles. The van der Waals surface area contributed by atoms with E-state index in [1.165, 1.54) is 0 Å². The van der Waals surface area contributed by atoms with Crippen molar-refractivity contribution < 1.29 is 4.79 Å². The van der Waals surface area contributed by atoms with Gasteiger partial charge in [-0.15, -0.1) is 0 Å². The number of carbonyl (C=O) groups excluding carboxylic acids is 1. The first-order chi connectivity index (χ1) is 9.69. The van der Waals surface area contributed by atoms with Crippen molar-refractivity contribution in [2.45, 2.75) is 43.7 Å². The van der Waals surface area contributed by atoms with Crippen LogP contribution in [0.15, 0.2) is 0 Å². The summed E-state index contributed by atoms with van der Waals surface area (Å²) in [4.78, 5) is 14.0. The lowest BCUT2D eigenvalue weighted by Gasteiger charge is -2.34. The van der Waals surface area contributed by atoms with Crippen molar-refractivity contribution in [1.82, 2.24) is 15.5 Å². The van der Waals surface area contributed by atoms with Gasteiger partial charge in [0.15, 0.2) is 0 Å². The van der Waals surface area contributed by atoms with Crippen molar-refractivity contribution in [3.05, 3.63) is 0 Å². The molecule has 6 nitrogen and oxygen atoms in total. The Kier molecular flexibility index (Phi) is 4.94. The summed E-state index contributed by atoms with van der Waals surface area (Å²) in [5, 5.41) is 24.5. The maximum Gasteiger partial charge on any atom is 0.235 e. The van der Waals surface area contributed by atoms with Gasteiger partial charge >= 0.3 is 0 Å². The molecule has 0 aromatic rings. The molecule has 1 atom stereocenters. The largest absolute Gasteiger partial charge is 0.337 e. The van der Waals surface area contributed by atoms with Gasteiger partial charge in [-0.3, -0.25) is 9.69 Å². The summed E-state index contributed by atoms with van der Waals surface area (Å²) in [6, 6.07) is 4.22. The van der Waals surface area contributed by atoms with Crippen LogP contribution in [0.2, 0.25) is 0 Å². The Hall–Kier alpha value is -1.63.